The molecular weight excluding hydrogens is 468 g/mol. The lowest BCUT2D eigenvalue weighted by molar-refractivity contribution is 0.216. The third-order valence-electron chi connectivity index (χ3n) is 5.45. The Morgan fingerprint density at radius 3 is 2.50 bits per heavy atom. The number of halogens is 2. The van der Waals surface area contributed by atoms with Crippen molar-refractivity contribution in [3.8, 4) is 5.75 Å². The van der Waals surface area contributed by atoms with Crippen molar-refractivity contribution in [3.05, 3.63) is 84.1 Å². The van der Waals surface area contributed by atoms with E-state index in [-0.39, 0.29) is 11.8 Å². The molecule has 0 atom stereocenters. The number of carbonyl (C=O) groups is 2. The van der Waals surface area contributed by atoms with Crippen LogP contribution in [-0.4, -0.2) is 41.6 Å². The number of benzene rings is 2. The number of carbonyl (C=O) groups excluding carboxylic acids is 2. The molecule has 4 rings (SSSR count). The first kappa shape index (κ1) is 24.6. The molecule has 1 aromatic heterocycles. The first-order valence-corrected chi connectivity index (χ1v) is 11.4. The molecule has 1 aliphatic heterocycles. The normalized spacial score (nSPS) is 13.0. The molecule has 3 N–H and O–H groups in total. The lowest BCUT2D eigenvalue weighted by Crippen LogP contribution is -2.38. The van der Waals surface area contributed by atoms with Gasteiger partial charge < -0.3 is 20.3 Å². The third-order valence-corrected chi connectivity index (χ3v) is 5.45. The molecule has 2 heterocycles. The number of nitrogens with one attached hydrogen (secondary N) is 3. The molecule has 36 heavy (non-hydrogen) atoms. The van der Waals surface area contributed by atoms with E-state index in [0.717, 1.165) is 17.3 Å². The van der Waals surface area contributed by atoms with E-state index >= 15 is 0 Å². The van der Waals surface area contributed by atoms with Crippen LogP contribution in [0.4, 0.5) is 35.6 Å². The van der Waals surface area contributed by atoms with Crippen LogP contribution in [0, 0.1) is 11.6 Å². The number of aromatic nitrogens is 1. The molecule has 0 aliphatic carbocycles. The maximum atomic E-state index is 13.7. The molecule has 0 fully saturated rings. The maximum absolute atomic E-state index is 13.7. The van der Waals surface area contributed by atoms with Gasteiger partial charge in [0.15, 0.2) is 11.6 Å². The van der Waals surface area contributed by atoms with Crippen LogP contribution in [0.3, 0.4) is 0 Å². The van der Waals surface area contributed by atoms with Crippen LogP contribution in [0.5, 0.6) is 5.75 Å². The van der Waals surface area contributed by atoms with Crippen molar-refractivity contribution in [1.82, 2.24) is 9.88 Å². The number of anilines is 3. The Morgan fingerprint density at radius 2 is 1.81 bits per heavy atom. The summed E-state index contributed by atoms with van der Waals surface area (Å²) in [6.07, 6.45) is 3.35. The van der Waals surface area contributed by atoms with Gasteiger partial charge in [0.05, 0.1) is 12.8 Å². The second-order valence-corrected chi connectivity index (χ2v) is 7.96. The molecule has 8 nitrogen and oxygen atoms in total. The molecule has 186 valence electrons. The highest BCUT2D eigenvalue weighted by molar-refractivity contribution is 6.00. The van der Waals surface area contributed by atoms with Crippen LogP contribution in [0.1, 0.15) is 18.9 Å². The van der Waals surface area contributed by atoms with Gasteiger partial charge in [0.1, 0.15) is 11.6 Å². The summed E-state index contributed by atoms with van der Waals surface area (Å²) < 4.78 is 32.2. The van der Waals surface area contributed by atoms with Gasteiger partial charge in [-0.25, -0.2) is 23.4 Å². The van der Waals surface area contributed by atoms with Crippen molar-refractivity contribution in [2.75, 3.05) is 35.6 Å². The van der Waals surface area contributed by atoms with Crippen LogP contribution in [0.25, 0.3) is 5.57 Å². The Kier molecular flexibility index (Phi) is 7.74. The number of hydrogen-bond acceptors (Lipinski definition) is 4. The molecule has 0 unspecified atom stereocenters. The van der Waals surface area contributed by atoms with E-state index in [1.807, 2.05) is 31.2 Å². The lowest BCUT2D eigenvalue weighted by Gasteiger charge is -2.26. The van der Waals surface area contributed by atoms with Crippen LogP contribution >= 0.6 is 0 Å². The molecule has 0 saturated heterocycles. The van der Waals surface area contributed by atoms with E-state index in [4.69, 9.17) is 4.74 Å². The average Bonchev–Trinajstić information content (AvgIpc) is 2.87. The zero-order valence-electron chi connectivity index (χ0n) is 19.6. The fourth-order valence-corrected chi connectivity index (χ4v) is 3.69. The summed E-state index contributed by atoms with van der Waals surface area (Å²) in [4.78, 5) is 29.8. The quantitative estimate of drug-likeness (QED) is 0.409. The molecule has 0 spiro atoms. The number of rotatable bonds is 6. The molecule has 0 saturated carbocycles. The summed E-state index contributed by atoms with van der Waals surface area (Å²) in [5, 5.41) is 7.93. The van der Waals surface area contributed by atoms with Crippen LogP contribution < -0.4 is 20.7 Å². The number of urea groups is 2. The standard InChI is InChI=1S/C26H25F2N5O3/c1-2-36-22-5-3-4-21(15-22)31-25(34)30-20-8-6-17(7-9-20)18-10-12-33(13-11-18)26(35)32-24-23(28)14-19(27)16-29-24/h3-10,14-16H,2,11-13H2,1H3,(H,29,32,35)(H2,30,31,34). The van der Waals surface area contributed by atoms with Gasteiger partial charge in [-0.05, 0) is 48.7 Å². The number of pyridine rings is 1. The van der Waals surface area contributed by atoms with Gasteiger partial charge >= 0.3 is 12.1 Å². The summed E-state index contributed by atoms with van der Waals surface area (Å²) in [7, 11) is 0. The van der Waals surface area contributed by atoms with Gasteiger partial charge in [0.2, 0.25) is 0 Å². The van der Waals surface area contributed by atoms with Crippen molar-refractivity contribution in [3.63, 3.8) is 0 Å². The van der Waals surface area contributed by atoms with Gasteiger partial charge in [-0.2, -0.15) is 0 Å². The van der Waals surface area contributed by atoms with Crippen LogP contribution in [0.15, 0.2) is 66.9 Å². The van der Waals surface area contributed by atoms with E-state index in [2.05, 4.69) is 20.9 Å². The highest BCUT2D eigenvalue weighted by Crippen LogP contribution is 2.25. The maximum Gasteiger partial charge on any atom is 0.323 e. The van der Waals surface area contributed by atoms with Crippen LogP contribution in [-0.2, 0) is 0 Å². The van der Waals surface area contributed by atoms with Gasteiger partial charge in [-0.3, -0.25) is 5.32 Å². The Hall–Kier alpha value is -4.47. The lowest BCUT2D eigenvalue weighted by atomic mass is 9.99. The summed E-state index contributed by atoms with van der Waals surface area (Å²) in [6.45, 7) is 3.18. The van der Waals surface area contributed by atoms with Crippen LogP contribution in [0.2, 0.25) is 0 Å². The van der Waals surface area contributed by atoms with Gasteiger partial charge in [-0.15, -0.1) is 0 Å². The number of ether oxygens (including phenoxy) is 1. The van der Waals surface area contributed by atoms with E-state index in [0.29, 0.717) is 49.3 Å². The van der Waals surface area contributed by atoms with Crippen molar-refractivity contribution in [1.29, 1.82) is 0 Å². The van der Waals surface area contributed by atoms with E-state index in [1.54, 1.807) is 30.3 Å². The van der Waals surface area contributed by atoms with Crippen molar-refractivity contribution in [2.45, 2.75) is 13.3 Å². The zero-order valence-corrected chi connectivity index (χ0v) is 19.6. The SMILES string of the molecule is CCOc1cccc(NC(=O)Nc2ccc(C3=CCN(C(=O)Nc4ncc(F)cc4F)CC3)cc2)c1. The molecule has 10 heteroatoms. The highest BCUT2D eigenvalue weighted by atomic mass is 19.1. The molecule has 1 aliphatic rings. The van der Waals surface area contributed by atoms with E-state index in [9.17, 15) is 18.4 Å². The topological polar surface area (TPSA) is 95.6 Å². The summed E-state index contributed by atoms with van der Waals surface area (Å²) in [6, 6.07) is 14.3. The van der Waals surface area contributed by atoms with Crippen molar-refractivity contribution < 1.29 is 23.1 Å². The largest absolute Gasteiger partial charge is 0.494 e. The summed E-state index contributed by atoms with van der Waals surface area (Å²) in [5.41, 5.74) is 3.27. The second-order valence-electron chi connectivity index (χ2n) is 7.96. The van der Waals surface area contributed by atoms with E-state index in [1.165, 1.54) is 4.90 Å². The Bertz CT molecular complexity index is 1280. The first-order chi connectivity index (χ1) is 17.4. The number of amides is 4. The molecule has 0 bridgehead atoms. The highest BCUT2D eigenvalue weighted by Gasteiger charge is 2.20. The minimum atomic E-state index is -0.932. The summed E-state index contributed by atoms with van der Waals surface area (Å²) in [5.74, 6) is -1.38. The predicted molar refractivity (Wildman–Crippen MR) is 134 cm³/mol. The second kappa shape index (κ2) is 11.3. The Balaban J connectivity index is 1.30. The van der Waals surface area contributed by atoms with Gasteiger partial charge in [0.25, 0.3) is 0 Å². The monoisotopic (exact) mass is 493 g/mol. The Labute approximate surface area is 207 Å². The number of hydrogen-bond donors (Lipinski definition) is 3. The van der Waals surface area contributed by atoms with Gasteiger partial charge in [0, 0.05) is 36.6 Å². The minimum Gasteiger partial charge on any atom is -0.494 e. The fraction of sp³-hybridized carbons (Fsp3) is 0.192. The minimum absolute atomic E-state index is 0.315. The van der Waals surface area contributed by atoms with Crippen molar-refractivity contribution in [2.24, 2.45) is 0 Å². The molecule has 2 aromatic carbocycles. The smallest absolute Gasteiger partial charge is 0.323 e. The molecule has 0 radical (unpaired) electrons. The van der Waals surface area contributed by atoms with Crippen molar-refractivity contribution >= 4 is 34.8 Å². The molecule has 4 amide bonds. The average molecular weight is 494 g/mol. The Morgan fingerprint density at radius 1 is 1.03 bits per heavy atom. The first-order valence-electron chi connectivity index (χ1n) is 11.4. The summed E-state index contributed by atoms with van der Waals surface area (Å²) >= 11 is 0. The third kappa shape index (κ3) is 6.35. The zero-order chi connectivity index (χ0) is 25.5. The predicted octanol–water partition coefficient (Wildman–Crippen LogP) is 5.72. The fourth-order valence-electron chi connectivity index (χ4n) is 3.69. The number of nitrogens with zero attached hydrogens (tertiary/aromatic N) is 2. The molecule has 3 aromatic rings. The van der Waals surface area contributed by atoms with E-state index < -0.39 is 17.7 Å². The molecular formula is C26H25F2N5O3. The van der Waals surface area contributed by atoms with Gasteiger partial charge in [-0.1, -0.05) is 24.3 Å².